The van der Waals surface area contributed by atoms with E-state index in [-0.39, 0.29) is 11.5 Å². The molecule has 0 spiro atoms. The van der Waals surface area contributed by atoms with Gasteiger partial charge in [0, 0.05) is 12.5 Å². The van der Waals surface area contributed by atoms with Crippen molar-refractivity contribution in [3.8, 4) is 0 Å². The number of methoxy groups -OCH3 is 1. The Labute approximate surface area is 130 Å². The number of para-hydroxylation sites is 1. The van der Waals surface area contributed by atoms with Gasteiger partial charge in [0.15, 0.2) is 5.82 Å². The maximum Gasteiger partial charge on any atom is 0.152 e. The highest BCUT2D eigenvalue weighted by Crippen LogP contribution is 2.36. The number of hydrogen-bond donors (Lipinski definition) is 1. The zero-order chi connectivity index (χ0) is 15.9. The van der Waals surface area contributed by atoms with E-state index in [1.807, 2.05) is 24.5 Å². The van der Waals surface area contributed by atoms with Crippen LogP contribution >= 0.6 is 0 Å². The lowest BCUT2D eigenvalue weighted by molar-refractivity contribution is 0.0985. The fourth-order valence-corrected chi connectivity index (χ4v) is 2.91. The number of anilines is 1. The molecule has 0 bridgehead atoms. The summed E-state index contributed by atoms with van der Waals surface area (Å²) in [5, 5.41) is 1.06. The van der Waals surface area contributed by atoms with Gasteiger partial charge in [-0.3, -0.25) is 0 Å². The largest absolute Gasteiger partial charge is 0.383 e. The molecule has 22 heavy (non-hydrogen) atoms. The maximum absolute atomic E-state index is 6.10. The van der Waals surface area contributed by atoms with Crippen molar-refractivity contribution in [2.24, 2.45) is 5.41 Å². The number of aromatic nitrogens is 3. The monoisotopic (exact) mass is 298 g/mol. The number of pyridine rings is 1. The molecule has 1 aromatic carbocycles. The van der Waals surface area contributed by atoms with Gasteiger partial charge in [0.1, 0.15) is 5.52 Å². The Hall–Kier alpha value is -2.14. The molecule has 0 aliphatic heterocycles. The summed E-state index contributed by atoms with van der Waals surface area (Å²) in [7, 11) is 1.73. The lowest BCUT2D eigenvalue weighted by Gasteiger charge is -2.32. The van der Waals surface area contributed by atoms with Crippen molar-refractivity contribution in [2.45, 2.75) is 26.8 Å². The van der Waals surface area contributed by atoms with E-state index in [0.717, 1.165) is 21.9 Å². The van der Waals surface area contributed by atoms with Crippen LogP contribution in [-0.2, 0) is 4.74 Å². The first-order chi connectivity index (χ1) is 10.4. The maximum atomic E-state index is 6.10. The van der Waals surface area contributed by atoms with E-state index in [9.17, 15) is 0 Å². The molecule has 3 rings (SSSR count). The molecular formula is C17H22N4O. The Morgan fingerprint density at radius 2 is 2.00 bits per heavy atom. The molecule has 1 atom stereocenters. The number of benzene rings is 1. The topological polar surface area (TPSA) is 66.0 Å². The number of rotatable bonds is 3. The standard InChI is InChI=1S/C17H22N4O/c1-17(2,3)13(9-22-4)21-10-19-14-15(21)11-7-5-6-8-12(11)20-16(14)18/h5-8,10,13H,9H2,1-4H3,(H2,18,20)/t13-/m1/s1. The van der Waals surface area contributed by atoms with Gasteiger partial charge in [0.05, 0.1) is 30.0 Å². The second kappa shape index (κ2) is 5.25. The van der Waals surface area contributed by atoms with Gasteiger partial charge in [-0.2, -0.15) is 0 Å². The van der Waals surface area contributed by atoms with Crippen LogP contribution in [0.15, 0.2) is 30.6 Å². The number of fused-ring (bicyclic) bond motifs is 3. The molecule has 5 heteroatoms. The SMILES string of the molecule is COC[C@@H](n1cnc2c(N)nc3ccccc3c21)C(C)(C)C. The summed E-state index contributed by atoms with van der Waals surface area (Å²) in [6, 6.07) is 8.18. The molecule has 2 N–H and O–H groups in total. The van der Waals surface area contributed by atoms with E-state index in [1.165, 1.54) is 0 Å². The Balaban J connectivity index is 2.35. The van der Waals surface area contributed by atoms with Crippen LogP contribution in [0.4, 0.5) is 5.82 Å². The molecule has 0 amide bonds. The van der Waals surface area contributed by atoms with Crippen molar-refractivity contribution < 1.29 is 4.74 Å². The first-order valence-corrected chi connectivity index (χ1v) is 7.43. The molecule has 116 valence electrons. The van der Waals surface area contributed by atoms with Crippen LogP contribution in [0.1, 0.15) is 26.8 Å². The van der Waals surface area contributed by atoms with Crippen molar-refractivity contribution in [1.29, 1.82) is 0 Å². The summed E-state index contributed by atoms with van der Waals surface area (Å²) in [4.78, 5) is 8.96. The van der Waals surface area contributed by atoms with Gasteiger partial charge >= 0.3 is 0 Å². The van der Waals surface area contributed by atoms with Crippen LogP contribution in [0.25, 0.3) is 21.9 Å². The normalized spacial score (nSPS) is 13.8. The van der Waals surface area contributed by atoms with E-state index in [0.29, 0.717) is 12.4 Å². The summed E-state index contributed by atoms with van der Waals surface area (Å²) in [5.41, 5.74) is 8.80. The second-order valence-electron chi connectivity index (χ2n) is 6.70. The lowest BCUT2D eigenvalue weighted by atomic mass is 9.87. The fourth-order valence-electron chi connectivity index (χ4n) is 2.91. The van der Waals surface area contributed by atoms with Crippen molar-refractivity contribution in [2.75, 3.05) is 19.5 Å². The number of imidazole rings is 1. The fraction of sp³-hybridized carbons (Fsp3) is 0.412. The third-order valence-corrected chi connectivity index (χ3v) is 4.10. The minimum absolute atomic E-state index is 0.0305. The average Bonchev–Trinajstić information content (AvgIpc) is 2.89. The first kappa shape index (κ1) is 14.8. The highest BCUT2D eigenvalue weighted by Gasteiger charge is 2.28. The number of nitrogens with zero attached hydrogens (tertiary/aromatic N) is 3. The van der Waals surface area contributed by atoms with Crippen LogP contribution in [0.3, 0.4) is 0 Å². The van der Waals surface area contributed by atoms with Crippen LogP contribution in [0, 0.1) is 5.41 Å². The molecular weight excluding hydrogens is 276 g/mol. The number of nitrogen functional groups attached to an aromatic ring is 1. The van der Waals surface area contributed by atoms with Crippen molar-refractivity contribution in [3.05, 3.63) is 30.6 Å². The van der Waals surface area contributed by atoms with E-state index >= 15 is 0 Å². The molecule has 2 heterocycles. The Kier molecular flexibility index (Phi) is 3.53. The average molecular weight is 298 g/mol. The molecule has 0 aliphatic rings. The number of nitrogens with two attached hydrogens (primary N) is 1. The Morgan fingerprint density at radius 1 is 1.27 bits per heavy atom. The van der Waals surface area contributed by atoms with Crippen LogP contribution in [0.5, 0.6) is 0 Å². The molecule has 0 saturated heterocycles. The van der Waals surface area contributed by atoms with E-state index in [1.54, 1.807) is 7.11 Å². The lowest BCUT2D eigenvalue weighted by Crippen LogP contribution is -2.28. The highest BCUT2D eigenvalue weighted by molar-refractivity contribution is 6.06. The molecule has 2 aromatic heterocycles. The number of hydrogen-bond acceptors (Lipinski definition) is 4. The molecule has 3 aromatic rings. The van der Waals surface area contributed by atoms with Gasteiger partial charge in [-0.25, -0.2) is 9.97 Å². The molecule has 0 radical (unpaired) electrons. The Bertz CT molecular complexity index is 816. The van der Waals surface area contributed by atoms with Crippen molar-refractivity contribution in [1.82, 2.24) is 14.5 Å². The molecule has 0 unspecified atom stereocenters. The summed E-state index contributed by atoms with van der Waals surface area (Å²) in [6.45, 7) is 7.23. The predicted octanol–water partition coefficient (Wildman–Crippen LogP) is 3.40. The number of ether oxygens (including phenoxy) is 1. The van der Waals surface area contributed by atoms with Gasteiger partial charge in [0.2, 0.25) is 0 Å². The van der Waals surface area contributed by atoms with E-state index in [4.69, 9.17) is 10.5 Å². The molecule has 0 saturated carbocycles. The van der Waals surface area contributed by atoms with Crippen LogP contribution in [-0.4, -0.2) is 28.3 Å². The summed E-state index contributed by atoms with van der Waals surface area (Å²) in [5.74, 6) is 0.470. The summed E-state index contributed by atoms with van der Waals surface area (Å²) in [6.07, 6.45) is 1.85. The minimum Gasteiger partial charge on any atom is -0.383 e. The highest BCUT2D eigenvalue weighted by atomic mass is 16.5. The van der Waals surface area contributed by atoms with Crippen molar-refractivity contribution >= 4 is 27.8 Å². The third kappa shape index (κ3) is 2.31. The van der Waals surface area contributed by atoms with Gasteiger partial charge in [-0.05, 0) is 11.5 Å². The zero-order valence-electron chi connectivity index (χ0n) is 13.5. The van der Waals surface area contributed by atoms with Crippen LogP contribution < -0.4 is 5.73 Å². The summed E-state index contributed by atoms with van der Waals surface area (Å²) >= 11 is 0. The van der Waals surface area contributed by atoms with E-state index in [2.05, 4.69) is 41.4 Å². The molecule has 5 nitrogen and oxygen atoms in total. The Morgan fingerprint density at radius 3 is 2.68 bits per heavy atom. The van der Waals surface area contributed by atoms with Gasteiger partial charge < -0.3 is 15.0 Å². The van der Waals surface area contributed by atoms with E-state index < -0.39 is 0 Å². The van der Waals surface area contributed by atoms with Gasteiger partial charge in [-0.15, -0.1) is 0 Å². The predicted molar refractivity (Wildman–Crippen MR) is 89.8 cm³/mol. The van der Waals surface area contributed by atoms with Crippen molar-refractivity contribution in [3.63, 3.8) is 0 Å². The third-order valence-electron chi connectivity index (χ3n) is 4.10. The molecule has 0 fully saturated rings. The summed E-state index contributed by atoms with van der Waals surface area (Å²) < 4.78 is 7.63. The minimum atomic E-state index is 0.0305. The smallest absolute Gasteiger partial charge is 0.152 e. The second-order valence-corrected chi connectivity index (χ2v) is 6.70. The first-order valence-electron chi connectivity index (χ1n) is 7.43. The quantitative estimate of drug-likeness (QED) is 0.804. The van der Waals surface area contributed by atoms with Crippen LogP contribution in [0.2, 0.25) is 0 Å². The molecule has 0 aliphatic carbocycles. The van der Waals surface area contributed by atoms with Gasteiger partial charge in [-0.1, -0.05) is 39.0 Å². The zero-order valence-corrected chi connectivity index (χ0v) is 13.5. The van der Waals surface area contributed by atoms with Gasteiger partial charge in [0.25, 0.3) is 0 Å².